The standard InChI is InChI=1S/C13H15F2N3O/c1-9-8-18(13(17-9)16-3-4-19-2)12-6-10(14)5-11(15)7-12/h5-8H,3-4H2,1-2H3,(H,16,17). The Kier molecular flexibility index (Phi) is 4.11. The topological polar surface area (TPSA) is 39.1 Å². The molecule has 0 aliphatic heterocycles. The van der Waals surface area contributed by atoms with Crippen molar-refractivity contribution < 1.29 is 13.5 Å². The van der Waals surface area contributed by atoms with Crippen LogP contribution in [0.15, 0.2) is 24.4 Å². The highest BCUT2D eigenvalue weighted by Gasteiger charge is 2.09. The van der Waals surface area contributed by atoms with Gasteiger partial charge in [-0.3, -0.25) is 4.57 Å². The van der Waals surface area contributed by atoms with Crippen molar-refractivity contribution >= 4 is 5.95 Å². The summed E-state index contributed by atoms with van der Waals surface area (Å²) in [6.07, 6.45) is 1.71. The van der Waals surface area contributed by atoms with E-state index in [4.69, 9.17) is 4.74 Å². The molecule has 0 saturated heterocycles. The molecule has 2 aromatic rings. The van der Waals surface area contributed by atoms with Gasteiger partial charge in [-0.1, -0.05) is 0 Å². The molecule has 0 aliphatic rings. The summed E-state index contributed by atoms with van der Waals surface area (Å²) in [6, 6.07) is 3.35. The first-order valence-corrected chi connectivity index (χ1v) is 5.85. The molecule has 102 valence electrons. The van der Waals surface area contributed by atoms with Gasteiger partial charge in [0.05, 0.1) is 18.0 Å². The molecule has 2 rings (SSSR count). The highest BCUT2D eigenvalue weighted by Crippen LogP contribution is 2.18. The number of hydrogen-bond acceptors (Lipinski definition) is 3. The molecule has 1 aromatic heterocycles. The van der Waals surface area contributed by atoms with Crippen molar-refractivity contribution in [2.75, 3.05) is 25.6 Å². The number of anilines is 1. The van der Waals surface area contributed by atoms with E-state index >= 15 is 0 Å². The van der Waals surface area contributed by atoms with Crippen molar-refractivity contribution in [3.05, 3.63) is 41.7 Å². The van der Waals surface area contributed by atoms with Crippen LogP contribution in [-0.2, 0) is 4.74 Å². The lowest BCUT2D eigenvalue weighted by molar-refractivity contribution is 0.210. The van der Waals surface area contributed by atoms with Gasteiger partial charge < -0.3 is 10.1 Å². The van der Waals surface area contributed by atoms with Crippen LogP contribution in [0.2, 0.25) is 0 Å². The molecule has 1 N–H and O–H groups in total. The predicted octanol–water partition coefficient (Wildman–Crippen LogP) is 2.52. The Hall–Kier alpha value is -1.95. The monoisotopic (exact) mass is 267 g/mol. The number of aromatic nitrogens is 2. The van der Waals surface area contributed by atoms with E-state index in [-0.39, 0.29) is 0 Å². The first kappa shape index (κ1) is 13.5. The second-order valence-corrected chi connectivity index (χ2v) is 4.12. The van der Waals surface area contributed by atoms with Gasteiger partial charge in [0.1, 0.15) is 11.6 Å². The largest absolute Gasteiger partial charge is 0.383 e. The molecule has 0 aliphatic carbocycles. The van der Waals surface area contributed by atoms with Crippen LogP contribution in [0.4, 0.5) is 14.7 Å². The van der Waals surface area contributed by atoms with Gasteiger partial charge in [0.25, 0.3) is 0 Å². The van der Waals surface area contributed by atoms with Gasteiger partial charge in [0.2, 0.25) is 5.95 Å². The number of rotatable bonds is 5. The third-order valence-corrected chi connectivity index (χ3v) is 2.54. The number of aryl methyl sites for hydroxylation is 1. The third-order valence-electron chi connectivity index (χ3n) is 2.54. The molecule has 0 radical (unpaired) electrons. The minimum atomic E-state index is -0.621. The molecule has 0 spiro atoms. The fraction of sp³-hybridized carbons (Fsp3) is 0.308. The van der Waals surface area contributed by atoms with Gasteiger partial charge in [-0.15, -0.1) is 0 Å². The molecule has 0 fully saturated rings. The second kappa shape index (κ2) is 5.79. The van der Waals surface area contributed by atoms with E-state index in [2.05, 4.69) is 10.3 Å². The first-order chi connectivity index (χ1) is 9.10. The molecule has 0 amide bonds. The van der Waals surface area contributed by atoms with Crippen LogP contribution < -0.4 is 5.32 Å². The summed E-state index contributed by atoms with van der Waals surface area (Å²) in [5.74, 6) is -0.715. The Bertz CT molecular complexity index is 549. The molecule has 1 heterocycles. The average Bonchev–Trinajstić information content (AvgIpc) is 2.70. The molecule has 0 bridgehead atoms. The van der Waals surface area contributed by atoms with Crippen LogP contribution in [-0.4, -0.2) is 29.8 Å². The Morgan fingerprint density at radius 3 is 2.58 bits per heavy atom. The van der Waals surface area contributed by atoms with Gasteiger partial charge in [0.15, 0.2) is 0 Å². The number of halogens is 2. The lowest BCUT2D eigenvalue weighted by Gasteiger charge is -2.09. The van der Waals surface area contributed by atoms with Gasteiger partial charge in [-0.25, -0.2) is 13.8 Å². The normalized spacial score (nSPS) is 10.7. The number of nitrogens with one attached hydrogen (secondary N) is 1. The summed E-state index contributed by atoms with van der Waals surface area (Å²) in [6.45, 7) is 2.89. The quantitative estimate of drug-likeness (QED) is 0.846. The fourth-order valence-electron chi connectivity index (χ4n) is 1.76. The molecule has 0 unspecified atom stereocenters. The summed E-state index contributed by atoms with van der Waals surface area (Å²) in [5.41, 5.74) is 1.14. The summed E-state index contributed by atoms with van der Waals surface area (Å²) < 4.78 is 33.0. The van der Waals surface area contributed by atoms with Gasteiger partial charge in [-0.2, -0.15) is 0 Å². The van der Waals surface area contributed by atoms with Crippen molar-refractivity contribution in [3.63, 3.8) is 0 Å². The van der Waals surface area contributed by atoms with Gasteiger partial charge >= 0.3 is 0 Å². The van der Waals surface area contributed by atoms with Gasteiger partial charge in [0, 0.05) is 25.9 Å². The Morgan fingerprint density at radius 1 is 1.26 bits per heavy atom. The molecule has 4 nitrogen and oxygen atoms in total. The number of hydrogen-bond donors (Lipinski definition) is 1. The summed E-state index contributed by atoms with van der Waals surface area (Å²) in [7, 11) is 1.60. The molecular formula is C13H15F2N3O. The van der Waals surface area contributed by atoms with Crippen molar-refractivity contribution in [3.8, 4) is 5.69 Å². The zero-order valence-electron chi connectivity index (χ0n) is 10.8. The maximum absolute atomic E-state index is 13.2. The Balaban J connectivity index is 2.32. The number of methoxy groups -OCH3 is 1. The molecular weight excluding hydrogens is 252 g/mol. The van der Waals surface area contributed by atoms with Crippen molar-refractivity contribution in [1.82, 2.24) is 9.55 Å². The van der Waals surface area contributed by atoms with Crippen LogP contribution >= 0.6 is 0 Å². The lowest BCUT2D eigenvalue weighted by Crippen LogP contribution is -2.11. The molecule has 0 atom stereocenters. The number of ether oxygens (including phenoxy) is 1. The van der Waals surface area contributed by atoms with Crippen molar-refractivity contribution in [2.24, 2.45) is 0 Å². The van der Waals surface area contributed by atoms with Crippen LogP contribution in [0, 0.1) is 18.6 Å². The number of nitrogens with zero attached hydrogens (tertiary/aromatic N) is 2. The maximum Gasteiger partial charge on any atom is 0.207 e. The number of benzene rings is 1. The maximum atomic E-state index is 13.2. The average molecular weight is 267 g/mol. The van der Waals surface area contributed by atoms with Crippen LogP contribution in [0.25, 0.3) is 5.69 Å². The van der Waals surface area contributed by atoms with E-state index in [1.165, 1.54) is 12.1 Å². The van der Waals surface area contributed by atoms with E-state index in [1.807, 2.05) is 6.92 Å². The highest BCUT2D eigenvalue weighted by molar-refractivity contribution is 5.43. The van der Waals surface area contributed by atoms with Crippen LogP contribution in [0.1, 0.15) is 5.69 Å². The van der Waals surface area contributed by atoms with Crippen LogP contribution in [0.3, 0.4) is 0 Å². The van der Waals surface area contributed by atoms with Crippen molar-refractivity contribution in [1.29, 1.82) is 0 Å². The minimum Gasteiger partial charge on any atom is -0.383 e. The zero-order valence-corrected chi connectivity index (χ0v) is 10.8. The lowest BCUT2D eigenvalue weighted by atomic mass is 10.3. The predicted molar refractivity (Wildman–Crippen MR) is 68.6 cm³/mol. The fourth-order valence-corrected chi connectivity index (χ4v) is 1.76. The number of imidazole rings is 1. The molecule has 19 heavy (non-hydrogen) atoms. The van der Waals surface area contributed by atoms with Crippen molar-refractivity contribution in [2.45, 2.75) is 6.92 Å². The first-order valence-electron chi connectivity index (χ1n) is 5.85. The zero-order chi connectivity index (χ0) is 13.8. The highest BCUT2D eigenvalue weighted by atomic mass is 19.1. The molecule has 1 aromatic carbocycles. The van der Waals surface area contributed by atoms with Gasteiger partial charge in [-0.05, 0) is 19.1 Å². The van der Waals surface area contributed by atoms with E-state index in [9.17, 15) is 8.78 Å². The molecule has 0 saturated carbocycles. The SMILES string of the molecule is COCCNc1nc(C)cn1-c1cc(F)cc(F)c1. The second-order valence-electron chi connectivity index (χ2n) is 4.12. The van der Waals surface area contributed by atoms with Crippen LogP contribution in [0.5, 0.6) is 0 Å². The minimum absolute atomic E-state index is 0.387. The Morgan fingerprint density at radius 2 is 1.95 bits per heavy atom. The van der Waals surface area contributed by atoms with E-state index in [1.54, 1.807) is 17.9 Å². The third kappa shape index (κ3) is 3.29. The summed E-state index contributed by atoms with van der Waals surface area (Å²) in [5, 5.41) is 3.05. The summed E-state index contributed by atoms with van der Waals surface area (Å²) in [4.78, 5) is 4.27. The Labute approximate surface area is 110 Å². The smallest absolute Gasteiger partial charge is 0.207 e. The van der Waals surface area contributed by atoms with E-state index in [0.717, 1.165) is 11.8 Å². The van der Waals surface area contributed by atoms with E-state index in [0.29, 0.717) is 24.8 Å². The van der Waals surface area contributed by atoms with E-state index < -0.39 is 11.6 Å². The molecule has 6 heteroatoms. The summed E-state index contributed by atoms with van der Waals surface area (Å²) >= 11 is 0.